The van der Waals surface area contributed by atoms with Gasteiger partial charge in [-0.2, -0.15) is 0 Å². The lowest BCUT2D eigenvalue weighted by Gasteiger charge is -2.19. The van der Waals surface area contributed by atoms with Crippen LogP contribution in [0.5, 0.6) is 0 Å². The summed E-state index contributed by atoms with van der Waals surface area (Å²) in [4.78, 5) is 11.3. The molecule has 0 aromatic rings. The minimum Gasteiger partial charge on any atom is -0.469 e. The molecule has 0 aliphatic carbocycles. The summed E-state index contributed by atoms with van der Waals surface area (Å²) in [6.45, 7) is 10.3. The molecule has 0 saturated heterocycles. The molecule has 0 fully saturated rings. The average Bonchev–Trinajstić information content (AvgIpc) is 2.15. The minimum atomic E-state index is -0.110. The summed E-state index contributed by atoms with van der Waals surface area (Å²) in [6.07, 6.45) is 1.94. The van der Waals surface area contributed by atoms with Crippen LogP contribution in [0.2, 0.25) is 0 Å². The number of hydrogen-bond acceptors (Lipinski definition) is 3. The van der Waals surface area contributed by atoms with Gasteiger partial charge in [0.1, 0.15) is 0 Å². The second kappa shape index (κ2) is 6.83. The van der Waals surface area contributed by atoms with Gasteiger partial charge in [-0.1, -0.05) is 27.7 Å². The highest BCUT2D eigenvalue weighted by molar-refractivity contribution is 5.72. The third kappa shape index (κ3) is 7.37. The third-order valence-corrected chi connectivity index (χ3v) is 2.47. The highest BCUT2D eigenvalue weighted by Crippen LogP contribution is 2.17. The van der Waals surface area contributed by atoms with Gasteiger partial charge in [0.2, 0.25) is 0 Å². The molecule has 0 aliphatic rings. The van der Waals surface area contributed by atoms with Crippen molar-refractivity contribution in [2.45, 2.75) is 40.5 Å². The maximum absolute atomic E-state index is 11.3. The summed E-state index contributed by atoms with van der Waals surface area (Å²) in [5.74, 6) is -0.115. The summed E-state index contributed by atoms with van der Waals surface area (Å²) in [7, 11) is 1.44. The van der Waals surface area contributed by atoms with E-state index in [-0.39, 0.29) is 11.9 Å². The van der Waals surface area contributed by atoms with Crippen LogP contribution in [0.25, 0.3) is 0 Å². The van der Waals surface area contributed by atoms with E-state index < -0.39 is 0 Å². The Labute approximate surface area is 93.6 Å². The SMILES string of the molecule is CCC(CNCCC(C)(C)C)C(=O)OC. The largest absolute Gasteiger partial charge is 0.469 e. The molecule has 0 spiro atoms. The molecule has 1 N–H and O–H groups in total. The van der Waals surface area contributed by atoms with Gasteiger partial charge in [-0.25, -0.2) is 0 Å². The molecule has 0 aromatic carbocycles. The number of nitrogens with one attached hydrogen (secondary N) is 1. The Hall–Kier alpha value is -0.570. The highest BCUT2D eigenvalue weighted by Gasteiger charge is 2.16. The van der Waals surface area contributed by atoms with E-state index in [4.69, 9.17) is 4.74 Å². The minimum absolute atomic E-state index is 0.00466. The maximum Gasteiger partial charge on any atom is 0.309 e. The van der Waals surface area contributed by atoms with Gasteiger partial charge in [-0.15, -0.1) is 0 Å². The molecule has 0 saturated carbocycles. The van der Waals surface area contributed by atoms with E-state index in [1.807, 2.05) is 6.92 Å². The molecule has 0 radical (unpaired) electrons. The van der Waals surface area contributed by atoms with Gasteiger partial charge in [-0.05, 0) is 24.8 Å². The highest BCUT2D eigenvalue weighted by atomic mass is 16.5. The molecule has 0 heterocycles. The number of hydrogen-bond donors (Lipinski definition) is 1. The fourth-order valence-corrected chi connectivity index (χ4v) is 1.30. The second-order valence-corrected chi connectivity index (χ2v) is 5.14. The number of ether oxygens (including phenoxy) is 1. The molecule has 0 rings (SSSR count). The molecule has 3 heteroatoms. The normalized spacial score (nSPS) is 13.7. The Balaban J connectivity index is 3.69. The van der Waals surface area contributed by atoms with Crippen LogP contribution in [0, 0.1) is 11.3 Å². The van der Waals surface area contributed by atoms with Crippen LogP contribution in [0.15, 0.2) is 0 Å². The molecule has 0 amide bonds. The Bertz CT molecular complexity index is 185. The number of carbonyl (C=O) groups is 1. The van der Waals surface area contributed by atoms with E-state index >= 15 is 0 Å². The van der Waals surface area contributed by atoms with E-state index in [9.17, 15) is 4.79 Å². The molecule has 90 valence electrons. The van der Waals surface area contributed by atoms with Gasteiger partial charge in [0.15, 0.2) is 0 Å². The maximum atomic E-state index is 11.3. The van der Waals surface area contributed by atoms with Crippen molar-refractivity contribution in [1.82, 2.24) is 5.32 Å². The monoisotopic (exact) mass is 215 g/mol. The molecule has 15 heavy (non-hydrogen) atoms. The smallest absolute Gasteiger partial charge is 0.309 e. The number of methoxy groups -OCH3 is 1. The number of esters is 1. The van der Waals surface area contributed by atoms with Crippen LogP contribution in [0.3, 0.4) is 0 Å². The first-order chi connectivity index (χ1) is 6.90. The number of rotatable bonds is 6. The first-order valence-corrected chi connectivity index (χ1v) is 5.69. The van der Waals surface area contributed by atoms with Gasteiger partial charge in [-0.3, -0.25) is 4.79 Å². The van der Waals surface area contributed by atoms with Crippen molar-refractivity contribution in [2.24, 2.45) is 11.3 Å². The zero-order chi connectivity index (χ0) is 11.9. The standard InChI is InChI=1S/C12H25NO2/c1-6-10(11(14)15-5)9-13-8-7-12(2,3)4/h10,13H,6-9H2,1-5H3. The Kier molecular flexibility index (Phi) is 6.57. The molecule has 1 atom stereocenters. The lowest BCUT2D eigenvalue weighted by Crippen LogP contribution is -2.30. The topological polar surface area (TPSA) is 38.3 Å². The van der Waals surface area contributed by atoms with E-state index in [1.165, 1.54) is 7.11 Å². The molecule has 1 unspecified atom stereocenters. The summed E-state index contributed by atoms with van der Waals surface area (Å²) < 4.78 is 4.72. The van der Waals surface area contributed by atoms with Crippen molar-refractivity contribution >= 4 is 5.97 Å². The van der Waals surface area contributed by atoms with E-state index in [0.29, 0.717) is 5.41 Å². The number of carbonyl (C=O) groups excluding carboxylic acids is 1. The molecular formula is C12H25NO2. The van der Waals surface area contributed by atoms with E-state index in [1.54, 1.807) is 0 Å². The van der Waals surface area contributed by atoms with E-state index in [0.717, 1.165) is 25.9 Å². The van der Waals surface area contributed by atoms with Crippen molar-refractivity contribution in [2.75, 3.05) is 20.2 Å². The van der Waals surface area contributed by atoms with Crippen molar-refractivity contribution in [3.05, 3.63) is 0 Å². The molecule has 0 bridgehead atoms. The third-order valence-electron chi connectivity index (χ3n) is 2.47. The van der Waals surface area contributed by atoms with Crippen LogP contribution in [-0.2, 0) is 9.53 Å². The molecule has 0 aliphatic heterocycles. The van der Waals surface area contributed by atoms with Crippen molar-refractivity contribution in [3.63, 3.8) is 0 Å². The summed E-state index contributed by atoms with van der Waals surface area (Å²) in [5, 5.41) is 3.31. The quantitative estimate of drug-likeness (QED) is 0.545. The predicted molar refractivity (Wildman–Crippen MR) is 62.7 cm³/mol. The predicted octanol–water partition coefficient (Wildman–Crippen LogP) is 2.21. The van der Waals surface area contributed by atoms with Crippen molar-refractivity contribution in [1.29, 1.82) is 0 Å². The molecule has 3 nitrogen and oxygen atoms in total. The van der Waals surface area contributed by atoms with Crippen molar-refractivity contribution in [3.8, 4) is 0 Å². The van der Waals surface area contributed by atoms with Crippen LogP contribution < -0.4 is 5.32 Å². The Morgan fingerprint density at radius 2 is 2.00 bits per heavy atom. The van der Waals surface area contributed by atoms with Crippen molar-refractivity contribution < 1.29 is 9.53 Å². The lowest BCUT2D eigenvalue weighted by molar-refractivity contribution is -0.145. The van der Waals surface area contributed by atoms with Crippen LogP contribution in [0.4, 0.5) is 0 Å². The van der Waals surface area contributed by atoms with Crippen LogP contribution in [-0.4, -0.2) is 26.2 Å². The summed E-state index contributed by atoms with van der Waals surface area (Å²) >= 11 is 0. The fraction of sp³-hybridized carbons (Fsp3) is 0.917. The molecular weight excluding hydrogens is 190 g/mol. The Morgan fingerprint density at radius 3 is 2.40 bits per heavy atom. The van der Waals surface area contributed by atoms with Gasteiger partial charge in [0.05, 0.1) is 13.0 Å². The lowest BCUT2D eigenvalue weighted by atomic mass is 9.92. The summed E-state index contributed by atoms with van der Waals surface area (Å²) in [6, 6.07) is 0. The first-order valence-electron chi connectivity index (χ1n) is 5.69. The average molecular weight is 215 g/mol. The van der Waals surface area contributed by atoms with Gasteiger partial charge in [0, 0.05) is 6.54 Å². The van der Waals surface area contributed by atoms with Gasteiger partial charge < -0.3 is 10.1 Å². The molecule has 0 aromatic heterocycles. The van der Waals surface area contributed by atoms with Gasteiger partial charge >= 0.3 is 5.97 Å². The zero-order valence-electron chi connectivity index (χ0n) is 10.7. The van der Waals surface area contributed by atoms with Crippen LogP contribution >= 0.6 is 0 Å². The first kappa shape index (κ1) is 14.4. The summed E-state index contributed by atoms with van der Waals surface area (Å²) in [5.41, 5.74) is 0.347. The van der Waals surface area contributed by atoms with Crippen LogP contribution in [0.1, 0.15) is 40.5 Å². The fourth-order valence-electron chi connectivity index (χ4n) is 1.30. The van der Waals surface area contributed by atoms with Gasteiger partial charge in [0.25, 0.3) is 0 Å². The van der Waals surface area contributed by atoms with E-state index in [2.05, 4.69) is 26.1 Å². The Morgan fingerprint density at radius 1 is 1.40 bits per heavy atom. The second-order valence-electron chi connectivity index (χ2n) is 5.14. The zero-order valence-corrected chi connectivity index (χ0v) is 10.7.